The maximum atomic E-state index is 12.5. The SMILES string of the molecule is CCc1ccccc1NC(=O)C(=O)NCC1CCN(C(=O)c2cccnc2)CC1. The third-order valence-electron chi connectivity index (χ3n) is 5.21. The molecule has 1 aromatic carbocycles. The smallest absolute Gasteiger partial charge is 0.313 e. The minimum atomic E-state index is -0.657. The van der Waals surface area contributed by atoms with Crippen molar-refractivity contribution in [2.24, 2.45) is 5.92 Å². The molecule has 2 aromatic rings. The minimum absolute atomic E-state index is 0.0189. The molecule has 3 amide bonds. The van der Waals surface area contributed by atoms with E-state index in [-0.39, 0.29) is 11.8 Å². The van der Waals surface area contributed by atoms with Crippen molar-refractivity contribution in [1.29, 1.82) is 0 Å². The van der Waals surface area contributed by atoms with Crippen molar-refractivity contribution in [2.45, 2.75) is 26.2 Å². The standard InChI is InChI=1S/C22H26N4O3/c1-2-17-6-3-4-8-19(17)25-21(28)20(27)24-14-16-9-12-26(13-10-16)22(29)18-7-5-11-23-15-18/h3-8,11,15-16H,2,9-10,12-14H2,1H3,(H,24,27)(H,25,28). The van der Waals surface area contributed by atoms with Crippen molar-refractivity contribution in [2.75, 3.05) is 25.0 Å². The van der Waals surface area contributed by atoms with Gasteiger partial charge in [0.2, 0.25) is 0 Å². The van der Waals surface area contributed by atoms with E-state index in [0.29, 0.717) is 30.9 Å². The lowest BCUT2D eigenvalue weighted by atomic mass is 9.96. The maximum absolute atomic E-state index is 12.5. The number of pyridine rings is 1. The number of nitrogens with one attached hydrogen (secondary N) is 2. The number of hydrogen-bond donors (Lipinski definition) is 2. The number of carbonyl (C=O) groups excluding carboxylic acids is 3. The minimum Gasteiger partial charge on any atom is -0.348 e. The molecule has 1 saturated heterocycles. The van der Waals surface area contributed by atoms with Gasteiger partial charge in [0, 0.05) is 37.7 Å². The fourth-order valence-corrected chi connectivity index (χ4v) is 3.46. The van der Waals surface area contributed by atoms with Crippen molar-refractivity contribution in [3.63, 3.8) is 0 Å². The van der Waals surface area contributed by atoms with E-state index in [1.54, 1.807) is 30.6 Å². The molecule has 2 N–H and O–H groups in total. The average Bonchev–Trinajstić information content (AvgIpc) is 2.78. The monoisotopic (exact) mass is 394 g/mol. The molecule has 1 aliphatic rings. The molecule has 0 spiro atoms. The molecule has 7 nitrogen and oxygen atoms in total. The number of rotatable bonds is 5. The maximum Gasteiger partial charge on any atom is 0.313 e. The number of benzene rings is 1. The molecule has 2 heterocycles. The van der Waals surface area contributed by atoms with E-state index in [2.05, 4.69) is 15.6 Å². The Balaban J connectivity index is 1.43. The average molecular weight is 394 g/mol. The van der Waals surface area contributed by atoms with Gasteiger partial charge in [0.15, 0.2) is 0 Å². The number of anilines is 1. The van der Waals surface area contributed by atoms with Gasteiger partial charge in [0.25, 0.3) is 5.91 Å². The second-order valence-electron chi connectivity index (χ2n) is 7.15. The molecule has 0 radical (unpaired) electrons. The summed E-state index contributed by atoms with van der Waals surface area (Å²) in [5.74, 6) is -1.07. The highest BCUT2D eigenvalue weighted by molar-refractivity contribution is 6.39. The number of aromatic nitrogens is 1. The number of carbonyl (C=O) groups is 3. The Hall–Kier alpha value is -3.22. The number of nitrogens with zero attached hydrogens (tertiary/aromatic N) is 2. The van der Waals surface area contributed by atoms with E-state index in [1.165, 1.54) is 0 Å². The summed E-state index contributed by atoms with van der Waals surface area (Å²) < 4.78 is 0. The number of hydrogen-bond acceptors (Lipinski definition) is 4. The zero-order valence-corrected chi connectivity index (χ0v) is 16.6. The molecule has 3 rings (SSSR count). The summed E-state index contributed by atoms with van der Waals surface area (Å²) in [5, 5.41) is 5.40. The van der Waals surface area contributed by atoms with E-state index in [0.717, 1.165) is 24.8 Å². The molecule has 29 heavy (non-hydrogen) atoms. The molecule has 1 fully saturated rings. The highest BCUT2D eigenvalue weighted by Crippen LogP contribution is 2.18. The molecule has 1 aliphatic heterocycles. The van der Waals surface area contributed by atoms with Crippen molar-refractivity contribution >= 4 is 23.4 Å². The van der Waals surface area contributed by atoms with Crippen LogP contribution in [0.1, 0.15) is 35.7 Å². The lowest BCUT2D eigenvalue weighted by Crippen LogP contribution is -2.43. The predicted molar refractivity (Wildman–Crippen MR) is 110 cm³/mol. The normalized spacial score (nSPS) is 14.3. The topological polar surface area (TPSA) is 91.4 Å². The van der Waals surface area contributed by atoms with Crippen LogP contribution >= 0.6 is 0 Å². The first-order valence-corrected chi connectivity index (χ1v) is 9.95. The molecular formula is C22H26N4O3. The van der Waals surface area contributed by atoms with Gasteiger partial charge in [-0.1, -0.05) is 25.1 Å². The Labute approximate surface area is 170 Å². The van der Waals surface area contributed by atoms with E-state index in [1.807, 2.05) is 30.0 Å². The molecule has 0 unspecified atom stereocenters. The van der Waals surface area contributed by atoms with Gasteiger partial charge in [-0.15, -0.1) is 0 Å². The van der Waals surface area contributed by atoms with Crippen LogP contribution in [-0.2, 0) is 16.0 Å². The number of aryl methyl sites for hydroxylation is 1. The Morgan fingerprint density at radius 1 is 1.07 bits per heavy atom. The number of piperidine rings is 1. The molecule has 0 bridgehead atoms. The van der Waals surface area contributed by atoms with E-state index < -0.39 is 11.8 Å². The van der Waals surface area contributed by atoms with Gasteiger partial charge in [-0.3, -0.25) is 19.4 Å². The van der Waals surface area contributed by atoms with Crippen molar-refractivity contribution in [1.82, 2.24) is 15.2 Å². The summed E-state index contributed by atoms with van der Waals surface area (Å²) in [6.45, 7) is 3.68. The zero-order valence-electron chi connectivity index (χ0n) is 16.6. The Morgan fingerprint density at radius 3 is 2.52 bits per heavy atom. The fraction of sp³-hybridized carbons (Fsp3) is 0.364. The summed E-state index contributed by atoms with van der Waals surface area (Å²) in [7, 11) is 0. The third kappa shape index (κ3) is 5.40. The largest absolute Gasteiger partial charge is 0.348 e. The molecule has 0 aliphatic carbocycles. The van der Waals surface area contributed by atoms with Gasteiger partial charge in [-0.05, 0) is 48.9 Å². The molecule has 0 atom stereocenters. The first-order valence-electron chi connectivity index (χ1n) is 9.95. The second-order valence-corrected chi connectivity index (χ2v) is 7.15. The van der Waals surface area contributed by atoms with Crippen LogP contribution in [0, 0.1) is 5.92 Å². The van der Waals surface area contributed by atoms with Crippen LogP contribution in [0.2, 0.25) is 0 Å². The van der Waals surface area contributed by atoms with Gasteiger partial charge >= 0.3 is 11.8 Å². The summed E-state index contributed by atoms with van der Waals surface area (Å²) in [6, 6.07) is 11.0. The van der Waals surface area contributed by atoms with Crippen LogP contribution in [0.15, 0.2) is 48.8 Å². The van der Waals surface area contributed by atoms with Crippen LogP contribution < -0.4 is 10.6 Å². The van der Waals surface area contributed by atoms with Crippen LogP contribution in [0.25, 0.3) is 0 Å². The van der Waals surface area contributed by atoms with Crippen molar-refractivity contribution < 1.29 is 14.4 Å². The quantitative estimate of drug-likeness (QED) is 0.761. The van der Waals surface area contributed by atoms with Gasteiger partial charge in [-0.25, -0.2) is 0 Å². The summed E-state index contributed by atoms with van der Waals surface area (Å²) in [4.78, 5) is 42.6. The van der Waals surface area contributed by atoms with Gasteiger partial charge < -0.3 is 15.5 Å². The van der Waals surface area contributed by atoms with Crippen LogP contribution in [-0.4, -0.2) is 47.2 Å². The van der Waals surface area contributed by atoms with Crippen LogP contribution in [0.4, 0.5) is 5.69 Å². The molecule has 1 aromatic heterocycles. The summed E-state index contributed by atoms with van der Waals surface area (Å²) in [5.41, 5.74) is 2.24. The molecule has 0 saturated carbocycles. The van der Waals surface area contributed by atoms with Crippen molar-refractivity contribution in [3.05, 3.63) is 59.9 Å². The number of para-hydroxylation sites is 1. The van der Waals surface area contributed by atoms with Gasteiger partial charge in [0.1, 0.15) is 0 Å². The third-order valence-corrected chi connectivity index (χ3v) is 5.21. The van der Waals surface area contributed by atoms with Crippen LogP contribution in [0.3, 0.4) is 0 Å². The van der Waals surface area contributed by atoms with Crippen molar-refractivity contribution in [3.8, 4) is 0 Å². The van der Waals surface area contributed by atoms with E-state index >= 15 is 0 Å². The van der Waals surface area contributed by atoms with Gasteiger partial charge in [0.05, 0.1) is 5.56 Å². The summed E-state index contributed by atoms with van der Waals surface area (Å²) in [6.07, 6.45) is 5.56. The summed E-state index contributed by atoms with van der Waals surface area (Å²) >= 11 is 0. The van der Waals surface area contributed by atoms with E-state index in [4.69, 9.17) is 0 Å². The zero-order chi connectivity index (χ0) is 20.6. The first-order chi connectivity index (χ1) is 14.1. The Kier molecular flexibility index (Phi) is 6.94. The molecule has 152 valence electrons. The molecular weight excluding hydrogens is 368 g/mol. The first kappa shape index (κ1) is 20.5. The highest BCUT2D eigenvalue weighted by Gasteiger charge is 2.25. The second kappa shape index (κ2) is 9.82. The number of likely N-dealkylation sites (tertiary alicyclic amines) is 1. The Bertz CT molecular complexity index is 861. The molecule has 7 heteroatoms. The van der Waals surface area contributed by atoms with E-state index in [9.17, 15) is 14.4 Å². The van der Waals surface area contributed by atoms with Gasteiger partial charge in [-0.2, -0.15) is 0 Å². The highest BCUT2D eigenvalue weighted by atomic mass is 16.2. The fourth-order valence-electron chi connectivity index (χ4n) is 3.46. The van der Waals surface area contributed by atoms with Crippen LogP contribution in [0.5, 0.6) is 0 Å². The lowest BCUT2D eigenvalue weighted by Gasteiger charge is -2.32. The lowest BCUT2D eigenvalue weighted by molar-refractivity contribution is -0.136. The predicted octanol–water partition coefficient (Wildman–Crippen LogP) is 2.25. The number of amides is 3. The Morgan fingerprint density at radius 2 is 1.83 bits per heavy atom.